The molecule has 4 aromatic rings. The zero-order chi connectivity index (χ0) is 19.7. The number of hydrogen-bond acceptors (Lipinski definition) is 5. The van der Waals surface area contributed by atoms with Gasteiger partial charge in [0, 0.05) is 6.92 Å². The van der Waals surface area contributed by atoms with Crippen LogP contribution in [0.5, 0.6) is 0 Å². The summed E-state index contributed by atoms with van der Waals surface area (Å²) in [7, 11) is 0. The quantitative estimate of drug-likeness (QED) is 0.405. The number of halogens is 2. The maximum atomic E-state index is 11.3. The molecule has 2 aromatic carbocycles. The van der Waals surface area contributed by atoms with E-state index in [1.165, 1.54) is 6.92 Å². The van der Waals surface area contributed by atoms with E-state index in [0.717, 1.165) is 5.69 Å². The van der Waals surface area contributed by atoms with E-state index in [2.05, 4.69) is 31.0 Å². The lowest BCUT2D eigenvalue weighted by Gasteiger charge is -2.07. The van der Waals surface area contributed by atoms with Crippen molar-refractivity contribution in [2.45, 2.75) is 13.5 Å². The van der Waals surface area contributed by atoms with Crippen LogP contribution >= 0.6 is 27.5 Å². The van der Waals surface area contributed by atoms with Crippen LogP contribution in [0, 0.1) is 0 Å². The van der Waals surface area contributed by atoms with Crippen molar-refractivity contribution in [1.82, 2.24) is 19.7 Å². The van der Waals surface area contributed by atoms with Gasteiger partial charge in [0.25, 0.3) is 0 Å². The van der Waals surface area contributed by atoms with E-state index in [1.54, 1.807) is 4.68 Å². The molecule has 0 aliphatic carbocycles. The minimum absolute atomic E-state index is 0.0520. The number of esters is 1. The molecule has 0 radical (unpaired) electrons. The zero-order valence-electron chi connectivity index (χ0n) is 14.8. The summed E-state index contributed by atoms with van der Waals surface area (Å²) in [4.78, 5) is 20.4. The second-order valence-electron chi connectivity index (χ2n) is 5.99. The summed E-state index contributed by atoms with van der Waals surface area (Å²) >= 11 is 10.00. The molecule has 0 N–H and O–H groups in total. The third-order valence-electron chi connectivity index (χ3n) is 4.08. The second-order valence-corrected chi connectivity index (χ2v) is 7.14. The van der Waals surface area contributed by atoms with Gasteiger partial charge >= 0.3 is 5.97 Å². The Bertz CT molecular complexity index is 1180. The number of carbonyl (C=O) groups excluding carboxylic acids is 1. The first-order valence-electron chi connectivity index (χ1n) is 8.43. The van der Waals surface area contributed by atoms with Gasteiger partial charge in [0.2, 0.25) is 0 Å². The molecule has 28 heavy (non-hydrogen) atoms. The average molecular weight is 458 g/mol. The maximum Gasteiger partial charge on any atom is 0.303 e. The van der Waals surface area contributed by atoms with E-state index < -0.39 is 0 Å². The second kappa shape index (κ2) is 7.69. The summed E-state index contributed by atoms with van der Waals surface area (Å²) in [5, 5.41) is 4.93. The standard InChI is InChI=1S/C20H14BrClN4O2/c1-12(27)28-11-16-17(21)18(25-26(16)13-7-3-2-4-8-13)19-20(22)24-15-10-6-5-9-14(15)23-19/h2-10H,11H2,1H3. The Hall–Kier alpha value is -2.77. The highest BCUT2D eigenvalue weighted by molar-refractivity contribution is 9.10. The molecule has 2 aromatic heterocycles. The van der Waals surface area contributed by atoms with Crippen molar-refractivity contribution < 1.29 is 9.53 Å². The normalized spacial score (nSPS) is 11.0. The van der Waals surface area contributed by atoms with Crippen molar-refractivity contribution in [2.24, 2.45) is 0 Å². The van der Waals surface area contributed by atoms with Gasteiger partial charge < -0.3 is 4.74 Å². The Labute approximate surface area is 174 Å². The van der Waals surface area contributed by atoms with E-state index in [9.17, 15) is 4.79 Å². The molecule has 0 aliphatic rings. The van der Waals surface area contributed by atoms with Gasteiger partial charge in [-0.25, -0.2) is 14.6 Å². The van der Waals surface area contributed by atoms with Crippen LogP contribution < -0.4 is 0 Å². The molecule has 0 saturated carbocycles. The van der Waals surface area contributed by atoms with Gasteiger partial charge in [-0.05, 0) is 40.2 Å². The van der Waals surface area contributed by atoms with E-state index in [1.807, 2.05) is 54.6 Å². The van der Waals surface area contributed by atoms with Crippen molar-refractivity contribution in [1.29, 1.82) is 0 Å². The van der Waals surface area contributed by atoms with E-state index in [-0.39, 0.29) is 17.7 Å². The molecule has 0 atom stereocenters. The van der Waals surface area contributed by atoms with E-state index in [4.69, 9.17) is 16.3 Å². The first-order chi connectivity index (χ1) is 13.5. The summed E-state index contributed by atoms with van der Waals surface area (Å²) in [6.07, 6.45) is 0. The molecule has 6 nitrogen and oxygen atoms in total. The summed E-state index contributed by atoms with van der Waals surface area (Å²) in [6.45, 7) is 1.42. The van der Waals surface area contributed by atoms with E-state index in [0.29, 0.717) is 32.6 Å². The van der Waals surface area contributed by atoms with Gasteiger partial charge in [0.05, 0.1) is 26.9 Å². The van der Waals surface area contributed by atoms with Crippen LogP contribution in [0.25, 0.3) is 28.1 Å². The molecule has 2 heterocycles. The highest BCUT2D eigenvalue weighted by Crippen LogP contribution is 2.35. The molecular weight excluding hydrogens is 444 g/mol. The molecule has 0 aliphatic heterocycles. The summed E-state index contributed by atoms with van der Waals surface area (Å²) in [6, 6.07) is 17.0. The first kappa shape index (κ1) is 18.6. The maximum absolute atomic E-state index is 11.3. The SMILES string of the molecule is CC(=O)OCc1c(Br)c(-c2nc3ccccc3nc2Cl)nn1-c1ccccc1. The third kappa shape index (κ3) is 3.50. The van der Waals surface area contributed by atoms with Gasteiger partial charge in [0.15, 0.2) is 5.15 Å². The lowest BCUT2D eigenvalue weighted by molar-refractivity contribution is -0.142. The lowest BCUT2D eigenvalue weighted by atomic mass is 10.2. The number of nitrogens with zero attached hydrogens (tertiary/aromatic N) is 4. The van der Waals surface area contributed by atoms with Crippen LogP contribution in [-0.4, -0.2) is 25.7 Å². The molecule has 0 amide bonds. The topological polar surface area (TPSA) is 69.9 Å². The van der Waals surface area contributed by atoms with Crippen molar-refractivity contribution in [2.75, 3.05) is 0 Å². The predicted molar refractivity (Wildman–Crippen MR) is 110 cm³/mol. The smallest absolute Gasteiger partial charge is 0.303 e. The van der Waals surface area contributed by atoms with E-state index >= 15 is 0 Å². The number of aromatic nitrogens is 4. The van der Waals surface area contributed by atoms with Crippen LogP contribution in [0.1, 0.15) is 12.6 Å². The van der Waals surface area contributed by atoms with Crippen molar-refractivity contribution in [3.8, 4) is 17.1 Å². The number of carbonyl (C=O) groups is 1. The molecule has 0 spiro atoms. The Morgan fingerprint density at radius 3 is 2.36 bits per heavy atom. The fourth-order valence-corrected chi connectivity index (χ4v) is 3.56. The molecule has 0 saturated heterocycles. The van der Waals surface area contributed by atoms with Crippen molar-refractivity contribution >= 4 is 44.5 Å². The summed E-state index contributed by atoms with van der Waals surface area (Å²) in [5.41, 5.74) is 3.88. The van der Waals surface area contributed by atoms with Crippen LogP contribution in [0.15, 0.2) is 59.1 Å². The number of rotatable bonds is 4. The molecule has 0 unspecified atom stereocenters. The molecule has 140 valence electrons. The minimum atomic E-state index is -0.377. The number of para-hydroxylation sites is 3. The monoisotopic (exact) mass is 456 g/mol. The van der Waals surface area contributed by atoms with Crippen LogP contribution in [-0.2, 0) is 16.1 Å². The fraction of sp³-hybridized carbons (Fsp3) is 0.100. The number of ether oxygens (including phenoxy) is 1. The first-order valence-corrected chi connectivity index (χ1v) is 9.60. The Balaban J connectivity index is 1.90. The predicted octanol–water partition coefficient (Wildman–Crippen LogP) is 4.96. The third-order valence-corrected chi connectivity index (χ3v) is 5.18. The number of benzene rings is 2. The van der Waals surface area contributed by atoms with Gasteiger partial charge in [0.1, 0.15) is 18.0 Å². The Kier molecular flexibility index (Phi) is 5.11. The minimum Gasteiger partial charge on any atom is -0.459 e. The Morgan fingerprint density at radius 1 is 1.04 bits per heavy atom. The van der Waals surface area contributed by atoms with Crippen LogP contribution in [0.2, 0.25) is 5.15 Å². The molecular formula is C20H14BrClN4O2. The number of fused-ring (bicyclic) bond motifs is 1. The Morgan fingerprint density at radius 2 is 1.68 bits per heavy atom. The van der Waals surface area contributed by atoms with Gasteiger partial charge in [-0.1, -0.05) is 41.9 Å². The average Bonchev–Trinajstić information content (AvgIpc) is 3.02. The highest BCUT2D eigenvalue weighted by atomic mass is 79.9. The molecule has 0 bridgehead atoms. The van der Waals surface area contributed by atoms with Gasteiger partial charge in [-0.15, -0.1) is 0 Å². The zero-order valence-corrected chi connectivity index (χ0v) is 17.1. The van der Waals surface area contributed by atoms with Crippen LogP contribution in [0.4, 0.5) is 0 Å². The summed E-state index contributed by atoms with van der Waals surface area (Å²) < 4.78 is 7.57. The van der Waals surface area contributed by atoms with Crippen molar-refractivity contribution in [3.63, 3.8) is 0 Å². The fourth-order valence-electron chi connectivity index (χ4n) is 2.79. The van der Waals surface area contributed by atoms with Crippen molar-refractivity contribution in [3.05, 3.63) is 69.9 Å². The van der Waals surface area contributed by atoms with Gasteiger partial charge in [-0.2, -0.15) is 5.10 Å². The number of hydrogen-bond donors (Lipinski definition) is 0. The molecule has 0 fully saturated rings. The lowest BCUT2D eigenvalue weighted by Crippen LogP contribution is -2.06. The largest absolute Gasteiger partial charge is 0.459 e. The van der Waals surface area contributed by atoms with Gasteiger partial charge in [-0.3, -0.25) is 4.79 Å². The molecule has 4 rings (SSSR count). The summed E-state index contributed by atoms with van der Waals surface area (Å²) in [5.74, 6) is -0.377. The molecule has 8 heteroatoms. The highest BCUT2D eigenvalue weighted by Gasteiger charge is 2.23. The van der Waals surface area contributed by atoms with Crippen LogP contribution in [0.3, 0.4) is 0 Å².